The molecule has 1 saturated carbocycles. The Morgan fingerprint density at radius 2 is 1.88 bits per heavy atom. The summed E-state index contributed by atoms with van der Waals surface area (Å²) in [6.45, 7) is 2.26. The quantitative estimate of drug-likeness (QED) is 0.221. The fourth-order valence-electron chi connectivity index (χ4n) is 4.62. The number of aromatic nitrogens is 1. The van der Waals surface area contributed by atoms with Gasteiger partial charge in [0.15, 0.2) is 5.13 Å². The Bertz CT molecular complexity index is 1090. The standard InChI is InChI=1S/C25H29N3O3S/c1-2-3-4-5-17-6-8-18(9-7-17)19-10-12-20(13-11-19)24(29)27-25-26-22-15-14-21(28(30)31)16-23(22)32-25/h10-18H,2-9H2,1H3,(H,26,27,29). The highest BCUT2D eigenvalue weighted by Gasteiger charge is 2.22. The van der Waals surface area contributed by atoms with Crippen molar-refractivity contribution < 1.29 is 9.72 Å². The van der Waals surface area contributed by atoms with E-state index in [1.54, 1.807) is 6.07 Å². The van der Waals surface area contributed by atoms with Crippen LogP contribution in [-0.2, 0) is 0 Å². The number of nitro benzene ring substituents is 1. The number of unbranched alkanes of at least 4 members (excludes halogenated alkanes) is 2. The maximum Gasteiger partial charge on any atom is 0.270 e. The summed E-state index contributed by atoms with van der Waals surface area (Å²) in [5, 5.41) is 14.2. The van der Waals surface area contributed by atoms with Crippen LogP contribution in [0.4, 0.5) is 10.8 Å². The molecule has 0 radical (unpaired) electrons. The van der Waals surface area contributed by atoms with Gasteiger partial charge in [0, 0.05) is 17.7 Å². The third-order valence-electron chi connectivity index (χ3n) is 6.51. The molecule has 3 aromatic rings. The fourth-order valence-corrected chi connectivity index (χ4v) is 5.52. The first-order valence-electron chi connectivity index (χ1n) is 11.5. The van der Waals surface area contributed by atoms with E-state index < -0.39 is 4.92 Å². The number of amides is 1. The lowest BCUT2D eigenvalue weighted by Crippen LogP contribution is -2.14. The lowest BCUT2D eigenvalue weighted by atomic mass is 9.77. The maximum atomic E-state index is 12.7. The number of thiazole rings is 1. The smallest absolute Gasteiger partial charge is 0.270 e. The average molecular weight is 452 g/mol. The van der Waals surface area contributed by atoms with E-state index in [2.05, 4.69) is 29.4 Å². The number of anilines is 1. The molecule has 1 aromatic heterocycles. The largest absolute Gasteiger partial charge is 0.298 e. The van der Waals surface area contributed by atoms with E-state index in [1.165, 1.54) is 80.4 Å². The Labute approximate surface area is 192 Å². The van der Waals surface area contributed by atoms with Gasteiger partial charge in [-0.1, -0.05) is 56.1 Å². The second kappa shape index (κ2) is 10.2. The highest BCUT2D eigenvalue weighted by Crippen LogP contribution is 2.38. The minimum Gasteiger partial charge on any atom is -0.298 e. The summed E-state index contributed by atoms with van der Waals surface area (Å²) in [5.41, 5.74) is 2.56. The summed E-state index contributed by atoms with van der Waals surface area (Å²) in [6.07, 6.45) is 10.5. The van der Waals surface area contributed by atoms with Crippen LogP contribution in [0.15, 0.2) is 42.5 Å². The van der Waals surface area contributed by atoms with E-state index in [1.807, 2.05) is 12.1 Å². The van der Waals surface area contributed by atoms with Crippen LogP contribution < -0.4 is 5.32 Å². The van der Waals surface area contributed by atoms with Crippen molar-refractivity contribution in [3.05, 3.63) is 63.7 Å². The molecule has 32 heavy (non-hydrogen) atoms. The Balaban J connectivity index is 1.34. The Kier molecular flexibility index (Phi) is 7.15. The van der Waals surface area contributed by atoms with Gasteiger partial charge in [0.1, 0.15) is 0 Å². The number of benzene rings is 2. The molecule has 0 saturated heterocycles. The molecule has 0 aliphatic heterocycles. The van der Waals surface area contributed by atoms with Crippen LogP contribution in [0, 0.1) is 16.0 Å². The number of carbonyl (C=O) groups is 1. The second-order valence-corrected chi connectivity index (χ2v) is 9.75. The molecule has 2 aromatic carbocycles. The van der Waals surface area contributed by atoms with Crippen molar-refractivity contribution in [3.8, 4) is 0 Å². The van der Waals surface area contributed by atoms with E-state index in [0.29, 0.717) is 26.8 Å². The normalized spacial score (nSPS) is 18.5. The van der Waals surface area contributed by atoms with Crippen molar-refractivity contribution >= 4 is 38.3 Å². The number of nitro groups is 1. The average Bonchev–Trinajstić information content (AvgIpc) is 3.21. The van der Waals surface area contributed by atoms with Crippen LogP contribution in [0.25, 0.3) is 10.2 Å². The predicted octanol–water partition coefficient (Wildman–Crippen LogP) is 7.31. The molecule has 1 aliphatic rings. The van der Waals surface area contributed by atoms with Crippen LogP contribution in [0.1, 0.15) is 80.1 Å². The fraction of sp³-hybridized carbons (Fsp3) is 0.440. The number of carbonyl (C=O) groups excluding carboxylic acids is 1. The van der Waals surface area contributed by atoms with Crippen LogP contribution in [0.3, 0.4) is 0 Å². The lowest BCUT2D eigenvalue weighted by Gasteiger charge is -2.29. The van der Waals surface area contributed by atoms with Crippen LogP contribution in [-0.4, -0.2) is 15.8 Å². The van der Waals surface area contributed by atoms with Gasteiger partial charge >= 0.3 is 0 Å². The molecule has 168 valence electrons. The molecule has 1 amide bonds. The lowest BCUT2D eigenvalue weighted by molar-refractivity contribution is -0.384. The topological polar surface area (TPSA) is 85.1 Å². The van der Waals surface area contributed by atoms with E-state index >= 15 is 0 Å². The molecule has 1 N–H and O–H groups in total. The Hall–Kier alpha value is -2.80. The molecule has 0 bridgehead atoms. The number of fused-ring (bicyclic) bond motifs is 1. The molecule has 6 nitrogen and oxygen atoms in total. The summed E-state index contributed by atoms with van der Waals surface area (Å²) in [7, 11) is 0. The van der Waals surface area contributed by atoms with E-state index in [4.69, 9.17) is 0 Å². The summed E-state index contributed by atoms with van der Waals surface area (Å²) < 4.78 is 0.676. The minimum absolute atomic E-state index is 0.0182. The van der Waals surface area contributed by atoms with Crippen molar-refractivity contribution in [3.63, 3.8) is 0 Å². The maximum absolute atomic E-state index is 12.7. The second-order valence-electron chi connectivity index (χ2n) is 8.72. The molecule has 1 heterocycles. The molecule has 7 heteroatoms. The van der Waals surface area contributed by atoms with Gasteiger partial charge in [0.2, 0.25) is 0 Å². The monoisotopic (exact) mass is 451 g/mol. The van der Waals surface area contributed by atoms with Crippen LogP contribution >= 0.6 is 11.3 Å². The van der Waals surface area contributed by atoms with Gasteiger partial charge in [-0.25, -0.2) is 4.98 Å². The SMILES string of the molecule is CCCCCC1CCC(c2ccc(C(=O)Nc3nc4ccc([N+](=O)[O-])cc4s3)cc2)CC1. The van der Waals surface area contributed by atoms with E-state index in [-0.39, 0.29) is 11.6 Å². The van der Waals surface area contributed by atoms with Gasteiger partial charge in [-0.3, -0.25) is 20.2 Å². The number of hydrogen-bond acceptors (Lipinski definition) is 5. The van der Waals surface area contributed by atoms with Gasteiger partial charge in [-0.05, 0) is 61.3 Å². The third-order valence-corrected chi connectivity index (χ3v) is 7.44. The van der Waals surface area contributed by atoms with Gasteiger partial charge in [-0.2, -0.15) is 0 Å². The zero-order valence-electron chi connectivity index (χ0n) is 18.4. The molecule has 0 unspecified atom stereocenters. The molecular formula is C25H29N3O3S. The van der Waals surface area contributed by atoms with Gasteiger partial charge in [0.05, 0.1) is 15.1 Å². The Morgan fingerprint density at radius 1 is 1.12 bits per heavy atom. The van der Waals surface area contributed by atoms with E-state index in [0.717, 1.165) is 5.92 Å². The molecule has 1 fully saturated rings. The van der Waals surface area contributed by atoms with Crippen LogP contribution in [0.5, 0.6) is 0 Å². The first-order valence-corrected chi connectivity index (χ1v) is 12.3. The number of hydrogen-bond donors (Lipinski definition) is 1. The van der Waals surface area contributed by atoms with Crippen molar-refractivity contribution in [2.24, 2.45) is 5.92 Å². The van der Waals surface area contributed by atoms with Gasteiger partial charge in [0.25, 0.3) is 11.6 Å². The molecule has 1 aliphatic carbocycles. The summed E-state index contributed by atoms with van der Waals surface area (Å²) in [6, 6.07) is 12.4. The van der Waals surface area contributed by atoms with Gasteiger partial charge < -0.3 is 0 Å². The third kappa shape index (κ3) is 5.33. The number of nitrogens with one attached hydrogen (secondary N) is 1. The summed E-state index contributed by atoms with van der Waals surface area (Å²) in [4.78, 5) is 27.5. The zero-order valence-corrected chi connectivity index (χ0v) is 19.2. The van der Waals surface area contributed by atoms with Crippen LogP contribution in [0.2, 0.25) is 0 Å². The highest BCUT2D eigenvalue weighted by molar-refractivity contribution is 7.22. The van der Waals surface area contributed by atoms with Crippen molar-refractivity contribution in [2.75, 3.05) is 5.32 Å². The molecule has 0 spiro atoms. The number of non-ortho nitro benzene ring substituents is 1. The first-order chi connectivity index (χ1) is 15.5. The molecular weight excluding hydrogens is 422 g/mol. The highest BCUT2D eigenvalue weighted by atomic mass is 32.1. The van der Waals surface area contributed by atoms with Gasteiger partial charge in [-0.15, -0.1) is 0 Å². The first kappa shape index (κ1) is 22.4. The van der Waals surface area contributed by atoms with Crippen molar-refractivity contribution in [1.29, 1.82) is 0 Å². The number of rotatable bonds is 8. The predicted molar refractivity (Wildman–Crippen MR) is 130 cm³/mol. The van der Waals surface area contributed by atoms with Crippen molar-refractivity contribution in [2.45, 2.75) is 64.2 Å². The molecule has 0 atom stereocenters. The Morgan fingerprint density at radius 3 is 2.56 bits per heavy atom. The summed E-state index contributed by atoms with van der Waals surface area (Å²) in [5.74, 6) is 1.26. The van der Waals surface area contributed by atoms with Crippen molar-refractivity contribution in [1.82, 2.24) is 4.98 Å². The summed E-state index contributed by atoms with van der Waals surface area (Å²) >= 11 is 1.24. The number of nitrogens with zero attached hydrogens (tertiary/aromatic N) is 2. The minimum atomic E-state index is -0.433. The molecule has 4 rings (SSSR count). The zero-order chi connectivity index (χ0) is 22.5. The van der Waals surface area contributed by atoms with E-state index in [9.17, 15) is 14.9 Å².